The van der Waals surface area contributed by atoms with E-state index < -0.39 is 0 Å². The van der Waals surface area contributed by atoms with Crippen molar-refractivity contribution in [2.75, 3.05) is 6.61 Å². The highest BCUT2D eigenvalue weighted by atomic mass is 16.5. The van der Waals surface area contributed by atoms with Gasteiger partial charge in [0.15, 0.2) is 5.78 Å². The minimum Gasteiger partial charge on any atom is -0.379 e. The molecule has 37 heavy (non-hydrogen) atoms. The molecule has 0 aromatic heterocycles. The topological polar surface area (TPSA) is 26.3 Å². The molecular weight excluding hydrogens is 452 g/mol. The Kier molecular flexibility index (Phi) is 7.03. The normalized spacial score (nSPS) is 25.3. The van der Waals surface area contributed by atoms with Crippen LogP contribution in [0.4, 0.5) is 0 Å². The van der Waals surface area contributed by atoms with Gasteiger partial charge < -0.3 is 4.74 Å². The summed E-state index contributed by atoms with van der Waals surface area (Å²) < 4.78 is 5.15. The number of carbonyl (C=O) groups excluding carboxylic acids is 1. The van der Waals surface area contributed by atoms with Crippen molar-refractivity contribution in [3.63, 3.8) is 0 Å². The molecule has 7 rings (SSSR count). The quantitative estimate of drug-likeness (QED) is 0.366. The molecule has 0 N–H and O–H groups in total. The molecule has 1 heterocycles. The Hall–Kier alpha value is -2.19. The van der Waals surface area contributed by atoms with Gasteiger partial charge in [-0.15, -0.1) is 0 Å². The van der Waals surface area contributed by atoms with Gasteiger partial charge in [-0.1, -0.05) is 70.5 Å². The molecule has 2 atom stereocenters. The van der Waals surface area contributed by atoms with Crippen LogP contribution in [0.3, 0.4) is 0 Å². The molecule has 0 spiro atoms. The molecule has 0 bridgehead atoms. The first kappa shape index (κ1) is 26.4. The van der Waals surface area contributed by atoms with Crippen LogP contribution in [0, 0.1) is 16.7 Å². The molecule has 1 fully saturated rings. The van der Waals surface area contributed by atoms with E-state index in [9.17, 15) is 4.79 Å². The molecule has 2 aromatic carbocycles. The second-order valence-corrected chi connectivity index (χ2v) is 14.0. The van der Waals surface area contributed by atoms with Gasteiger partial charge in [0, 0.05) is 18.1 Å². The summed E-state index contributed by atoms with van der Waals surface area (Å²) >= 11 is 0. The van der Waals surface area contributed by atoms with E-state index >= 15 is 0 Å². The van der Waals surface area contributed by atoms with Crippen molar-refractivity contribution in [3.8, 4) is 0 Å². The van der Waals surface area contributed by atoms with E-state index in [1.54, 1.807) is 16.7 Å². The van der Waals surface area contributed by atoms with Crippen LogP contribution in [0.25, 0.3) is 6.08 Å². The van der Waals surface area contributed by atoms with Gasteiger partial charge in [0.2, 0.25) is 0 Å². The van der Waals surface area contributed by atoms with Crippen LogP contribution in [0.15, 0.2) is 29.8 Å². The van der Waals surface area contributed by atoms with Crippen LogP contribution >= 0.6 is 0 Å². The largest absolute Gasteiger partial charge is 0.379 e. The molecule has 2 nitrogen and oxygen atoms in total. The molecule has 0 saturated carbocycles. The maximum atomic E-state index is 12.0. The number of fused-ring (bicyclic) bond motifs is 6. The third-order valence-corrected chi connectivity index (χ3v) is 8.98. The van der Waals surface area contributed by atoms with Gasteiger partial charge in [-0.05, 0) is 115 Å². The highest BCUT2D eigenvalue weighted by Crippen LogP contribution is 2.43. The van der Waals surface area contributed by atoms with E-state index in [1.165, 1.54) is 59.9 Å². The number of hydrogen-bond donors (Lipinski definition) is 0. The van der Waals surface area contributed by atoms with E-state index in [4.69, 9.17) is 4.74 Å². The molecule has 198 valence electrons. The maximum absolute atomic E-state index is 12.0. The van der Waals surface area contributed by atoms with Gasteiger partial charge in [0.25, 0.3) is 0 Å². The number of benzene rings is 2. The summed E-state index contributed by atoms with van der Waals surface area (Å²) in [5.74, 6) is 0.549. The van der Waals surface area contributed by atoms with Crippen molar-refractivity contribution in [2.24, 2.45) is 16.7 Å². The lowest BCUT2D eigenvalue weighted by Crippen LogP contribution is -2.10. The Bertz CT molecular complexity index is 1240. The number of ketones is 1. The first-order valence-corrected chi connectivity index (χ1v) is 14.5. The molecule has 0 amide bonds. The van der Waals surface area contributed by atoms with Crippen LogP contribution in [-0.2, 0) is 43.3 Å². The predicted molar refractivity (Wildman–Crippen MR) is 154 cm³/mol. The third-order valence-electron chi connectivity index (χ3n) is 8.98. The standard InChI is InChI=1S/C15H18O.C15H18.C5H10O/c1-9-6-12-11(14(9)16)5-4-10-7-15(2,3)8-13(10)12;1-10-6-11-4-5-12-8-15(2,3)9-14(12)13(11)7-10;1-5-3-2-4-6-5/h4-5,9H,6-8H2,1-3H3;4-6H,7-9H2,1-3H3;5H,2-4H2,1H3. The first-order valence-electron chi connectivity index (χ1n) is 14.5. The van der Waals surface area contributed by atoms with Gasteiger partial charge in [0.05, 0.1) is 6.10 Å². The Morgan fingerprint density at radius 2 is 1.43 bits per heavy atom. The highest BCUT2D eigenvalue weighted by Gasteiger charge is 2.36. The Morgan fingerprint density at radius 1 is 0.811 bits per heavy atom. The van der Waals surface area contributed by atoms with Crippen LogP contribution in [0.1, 0.15) is 111 Å². The molecule has 4 aliphatic carbocycles. The minimum absolute atomic E-state index is 0.199. The lowest BCUT2D eigenvalue weighted by molar-refractivity contribution is 0.0946. The summed E-state index contributed by atoms with van der Waals surface area (Å²) in [7, 11) is 0. The fourth-order valence-electron chi connectivity index (χ4n) is 7.19. The number of allylic oxidation sites excluding steroid dienone is 1. The summed E-state index contributed by atoms with van der Waals surface area (Å²) in [5, 5.41) is 0. The molecule has 1 aliphatic heterocycles. The molecule has 2 aromatic rings. The lowest BCUT2D eigenvalue weighted by Gasteiger charge is -2.15. The number of carbonyl (C=O) groups is 1. The SMILES string of the molecule is CC1=Cc2ccc3c(c2C1)CC(C)(C)C3.CC1CCCO1.CC1Cc2c(ccc3c2CC(C)(C)C3)C1=O. The van der Waals surface area contributed by atoms with Gasteiger partial charge in [-0.25, -0.2) is 0 Å². The zero-order chi connectivity index (χ0) is 26.5. The van der Waals surface area contributed by atoms with E-state index in [1.807, 2.05) is 0 Å². The Morgan fingerprint density at radius 3 is 2.00 bits per heavy atom. The molecular formula is C35H46O2. The van der Waals surface area contributed by atoms with Gasteiger partial charge in [-0.3, -0.25) is 4.79 Å². The van der Waals surface area contributed by atoms with Gasteiger partial charge >= 0.3 is 0 Å². The van der Waals surface area contributed by atoms with Gasteiger partial charge in [-0.2, -0.15) is 0 Å². The Labute approximate surface area is 224 Å². The highest BCUT2D eigenvalue weighted by molar-refractivity contribution is 6.02. The number of ether oxygens (including phenoxy) is 1. The molecule has 2 heteroatoms. The van der Waals surface area contributed by atoms with Crippen molar-refractivity contribution < 1.29 is 9.53 Å². The molecule has 5 aliphatic rings. The van der Waals surface area contributed by atoms with E-state index in [0.717, 1.165) is 31.4 Å². The predicted octanol–water partition coefficient (Wildman–Crippen LogP) is 8.14. The molecule has 1 saturated heterocycles. The number of rotatable bonds is 0. The maximum Gasteiger partial charge on any atom is 0.166 e. The third kappa shape index (κ3) is 5.51. The minimum atomic E-state index is 0.199. The Balaban J connectivity index is 0.000000125. The number of Topliss-reactive ketones (excluding diaryl/α,β-unsaturated/α-hetero) is 1. The summed E-state index contributed by atoms with van der Waals surface area (Å²) in [6.45, 7) is 16.8. The van der Waals surface area contributed by atoms with Crippen LogP contribution in [0.2, 0.25) is 0 Å². The van der Waals surface area contributed by atoms with E-state index in [2.05, 4.69) is 78.8 Å². The number of hydrogen-bond acceptors (Lipinski definition) is 2. The van der Waals surface area contributed by atoms with Crippen molar-refractivity contribution in [1.82, 2.24) is 0 Å². The van der Waals surface area contributed by atoms with E-state index in [-0.39, 0.29) is 5.92 Å². The monoisotopic (exact) mass is 498 g/mol. The summed E-state index contributed by atoms with van der Waals surface area (Å²) in [4.78, 5) is 12.0. The second-order valence-electron chi connectivity index (χ2n) is 14.0. The second kappa shape index (κ2) is 9.84. The molecule has 0 radical (unpaired) electrons. The van der Waals surface area contributed by atoms with Crippen LogP contribution in [0.5, 0.6) is 0 Å². The summed E-state index contributed by atoms with van der Waals surface area (Å²) in [6, 6.07) is 8.89. The lowest BCUT2D eigenvalue weighted by atomic mass is 9.89. The molecule has 2 unspecified atom stereocenters. The van der Waals surface area contributed by atoms with Crippen LogP contribution in [-0.4, -0.2) is 18.5 Å². The zero-order valence-corrected chi connectivity index (χ0v) is 24.2. The fourth-order valence-corrected chi connectivity index (χ4v) is 7.19. The van der Waals surface area contributed by atoms with E-state index in [0.29, 0.717) is 22.7 Å². The first-order chi connectivity index (χ1) is 17.4. The van der Waals surface area contributed by atoms with Crippen molar-refractivity contribution in [2.45, 2.75) is 106 Å². The average Bonchev–Trinajstić information content (AvgIpc) is 3.60. The van der Waals surface area contributed by atoms with Crippen molar-refractivity contribution >= 4 is 11.9 Å². The summed E-state index contributed by atoms with van der Waals surface area (Å²) in [5.41, 5.74) is 14.1. The average molecular weight is 499 g/mol. The van der Waals surface area contributed by atoms with Crippen LogP contribution < -0.4 is 0 Å². The fraction of sp³-hybridized carbons (Fsp3) is 0.571. The smallest absolute Gasteiger partial charge is 0.166 e. The summed E-state index contributed by atoms with van der Waals surface area (Å²) in [6.07, 6.45) is 12.4. The zero-order valence-electron chi connectivity index (χ0n) is 24.2. The van der Waals surface area contributed by atoms with Gasteiger partial charge in [0.1, 0.15) is 0 Å². The van der Waals surface area contributed by atoms with Crippen molar-refractivity contribution in [1.29, 1.82) is 0 Å². The van der Waals surface area contributed by atoms with Crippen molar-refractivity contribution in [3.05, 3.63) is 74.3 Å².